The summed E-state index contributed by atoms with van der Waals surface area (Å²) in [5.74, 6) is 0.426. The number of nitrogens with one attached hydrogen (secondary N) is 2. The molecular formula is C19H24N2O4. The molecule has 0 aliphatic heterocycles. The number of aromatic amines is 1. The zero-order chi connectivity index (χ0) is 18.4. The fourth-order valence-electron chi connectivity index (χ4n) is 2.62. The summed E-state index contributed by atoms with van der Waals surface area (Å²) in [5, 5.41) is 2.80. The van der Waals surface area contributed by atoms with E-state index in [0.717, 1.165) is 16.8 Å². The molecule has 0 fully saturated rings. The first-order chi connectivity index (χ1) is 12.0. The van der Waals surface area contributed by atoms with Crippen LogP contribution in [0.2, 0.25) is 0 Å². The third-order valence-electron chi connectivity index (χ3n) is 3.92. The Labute approximate surface area is 147 Å². The van der Waals surface area contributed by atoms with Crippen LogP contribution in [0, 0.1) is 13.8 Å². The van der Waals surface area contributed by atoms with Crippen LogP contribution in [0.1, 0.15) is 39.7 Å². The fourth-order valence-corrected chi connectivity index (χ4v) is 2.62. The van der Waals surface area contributed by atoms with E-state index in [2.05, 4.69) is 10.3 Å². The normalized spacial score (nSPS) is 10.6. The summed E-state index contributed by atoms with van der Waals surface area (Å²) in [7, 11) is 1.58. The molecule has 0 unspecified atom stereocenters. The number of amides is 1. The lowest BCUT2D eigenvalue weighted by atomic mass is 10.1. The molecule has 2 aromatic rings. The molecule has 0 aliphatic rings. The van der Waals surface area contributed by atoms with Gasteiger partial charge in [0.05, 0.1) is 13.7 Å². The van der Waals surface area contributed by atoms with Gasteiger partial charge in [-0.25, -0.2) is 0 Å². The van der Waals surface area contributed by atoms with E-state index < -0.39 is 0 Å². The lowest BCUT2D eigenvalue weighted by Gasteiger charge is -2.12. The highest BCUT2D eigenvalue weighted by Gasteiger charge is 2.12. The SMILES string of the molecule is CCOCc1cc(C(=O)NCc2c(C)cc(C)[nH]c2=O)ccc1OC. The van der Waals surface area contributed by atoms with Crippen LogP contribution in [-0.4, -0.2) is 24.6 Å². The van der Waals surface area contributed by atoms with Crippen molar-refractivity contribution in [3.63, 3.8) is 0 Å². The Balaban J connectivity index is 2.14. The van der Waals surface area contributed by atoms with Crippen LogP contribution < -0.4 is 15.6 Å². The van der Waals surface area contributed by atoms with Crippen molar-refractivity contribution in [2.45, 2.75) is 33.9 Å². The second-order valence-electron chi connectivity index (χ2n) is 5.79. The summed E-state index contributed by atoms with van der Waals surface area (Å²) in [6.07, 6.45) is 0. The number of hydrogen-bond acceptors (Lipinski definition) is 4. The molecule has 0 aliphatic carbocycles. The zero-order valence-electron chi connectivity index (χ0n) is 15.1. The average Bonchev–Trinajstić information content (AvgIpc) is 2.58. The van der Waals surface area contributed by atoms with Gasteiger partial charge in [-0.2, -0.15) is 0 Å². The number of carbonyl (C=O) groups is 1. The van der Waals surface area contributed by atoms with Crippen molar-refractivity contribution in [3.05, 3.63) is 62.6 Å². The van der Waals surface area contributed by atoms with Gasteiger partial charge in [0.1, 0.15) is 5.75 Å². The number of aryl methyl sites for hydroxylation is 2. The number of benzene rings is 1. The van der Waals surface area contributed by atoms with E-state index in [9.17, 15) is 9.59 Å². The minimum absolute atomic E-state index is 0.174. The molecule has 0 radical (unpaired) electrons. The molecule has 134 valence electrons. The maximum Gasteiger partial charge on any atom is 0.253 e. The first-order valence-corrected chi connectivity index (χ1v) is 8.18. The monoisotopic (exact) mass is 344 g/mol. The second-order valence-corrected chi connectivity index (χ2v) is 5.79. The highest BCUT2D eigenvalue weighted by Crippen LogP contribution is 2.21. The maximum atomic E-state index is 12.4. The smallest absolute Gasteiger partial charge is 0.253 e. The summed E-state index contributed by atoms with van der Waals surface area (Å²) in [6.45, 7) is 6.72. The molecule has 1 aromatic heterocycles. The Bertz CT molecular complexity index is 812. The number of hydrogen-bond donors (Lipinski definition) is 2. The van der Waals surface area contributed by atoms with Gasteiger partial charge in [0.25, 0.3) is 11.5 Å². The topological polar surface area (TPSA) is 80.4 Å². The lowest BCUT2D eigenvalue weighted by molar-refractivity contribution is 0.0950. The molecule has 25 heavy (non-hydrogen) atoms. The van der Waals surface area contributed by atoms with E-state index in [-0.39, 0.29) is 18.0 Å². The molecule has 1 aromatic carbocycles. The maximum absolute atomic E-state index is 12.4. The lowest BCUT2D eigenvalue weighted by Crippen LogP contribution is -2.28. The third-order valence-corrected chi connectivity index (χ3v) is 3.92. The predicted molar refractivity (Wildman–Crippen MR) is 96.0 cm³/mol. The van der Waals surface area contributed by atoms with E-state index in [1.54, 1.807) is 25.3 Å². The molecule has 6 nitrogen and oxygen atoms in total. The second kappa shape index (κ2) is 8.48. The van der Waals surface area contributed by atoms with Crippen LogP contribution in [0.5, 0.6) is 5.75 Å². The highest BCUT2D eigenvalue weighted by atomic mass is 16.5. The summed E-state index contributed by atoms with van der Waals surface area (Å²) >= 11 is 0. The van der Waals surface area contributed by atoms with Crippen molar-refractivity contribution >= 4 is 5.91 Å². The van der Waals surface area contributed by atoms with Gasteiger partial charge in [-0.1, -0.05) is 0 Å². The van der Waals surface area contributed by atoms with E-state index in [1.165, 1.54) is 0 Å². The summed E-state index contributed by atoms with van der Waals surface area (Å²) in [5.41, 5.74) is 3.34. The van der Waals surface area contributed by atoms with E-state index in [0.29, 0.717) is 30.1 Å². The van der Waals surface area contributed by atoms with Gasteiger partial charge < -0.3 is 19.8 Å². The number of H-pyrrole nitrogens is 1. The van der Waals surface area contributed by atoms with Crippen LogP contribution >= 0.6 is 0 Å². The van der Waals surface area contributed by atoms with Crippen molar-refractivity contribution in [1.82, 2.24) is 10.3 Å². The fraction of sp³-hybridized carbons (Fsp3) is 0.368. The van der Waals surface area contributed by atoms with Gasteiger partial charge in [-0.3, -0.25) is 9.59 Å². The largest absolute Gasteiger partial charge is 0.496 e. The summed E-state index contributed by atoms with van der Waals surface area (Å²) in [4.78, 5) is 27.2. The summed E-state index contributed by atoms with van der Waals surface area (Å²) < 4.78 is 10.7. The number of methoxy groups -OCH3 is 1. The summed E-state index contributed by atoms with van der Waals surface area (Å²) in [6, 6.07) is 7.07. The first kappa shape index (κ1) is 18.7. The van der Waals surface area contributed by atoms with E-state index in [1.807, 2.05) is 26.8 Å². The van der Waals surface area contributed by atoms with Gasteiger partial charge >= 0.3 is 0 Å². The van der Waals surface area contributed by atoms with Crippen LogP contribution in [0.3, 0.4) is 0 Å². The van der Waals surface area contributed by atoms with Gasteiger partial charge in [-0.05, 0) is 50.6 Å². The van der Waals surface area contributed by atoms with E-state index >= 15 is 0 Å². The van der Waals surface area contributed by atoms with Crippen molar-refractivity contribution < 1.29 is 14.3 Å². The van der Waals surface area contributed by atoms with Gasteiger partial charge in [0, 0.05) is 35.5 Å². The molecule has 0 bridgehead atoms. The van der Waals surface area contributed by atoms with Crippen molar-refractivity contribution in [3.8, 4) is 5.75 Å². The quantitative estimate of drug-likeness (QED) is 0.808. The third kappa shape index (κ3) is 4.70. The predicted octanol–water partition coefficient (Wildman–Crippen LogP) is 2.47. The Morgan fingerprint density at radius 3 is 2.64 bits per heavy atom. The number of rotatable bonds is 7. The molecule has 2 rings (SSSR count). The molecule has 2 N–H and O–H groups in total. The average molecular weight is 344 g/mol. The molecule has 1 amide bonds. The van der Waals surface area contributed by atoms with Gasteiger partial charge in [0.2, 0.25) is 0 Å². The number of ether oxygens (including phenoxy) is 2. The molecule has 1 heterocycles. The zero-order valence-corrected chi connectivity index (χ0v) is 15.1. The van der Waals surface area contributed by atoms with Crippen LogP contribution in [0.15, 0.2) is 29.1 Å². The molecular weight excluding hydrogens is 320 g/mol. The Morgan fingerprint density at radius 1 is 1.24 bits per heavy atom. The van der Waals surface area contributed by atoms with Crippen molar-refractivity contribution in [2.75, 3.05) is 13.7 Å². The molecule has 0 spiro atoms. The molecule has 0 atom stereocenters. The van der Waals surface area contributed by atoms with Crippen molar-refractivity contribution in [1.29, 1.82) is 0 Å². The standard InChI is InChI=1S/C19H24N2O4/c1-5-25-11-15-9-14(6-7-17(15)24-4)18(22)20-10-16-12(2)8-13(3)21-19(16)23/h6-9H,5,10-11H2,1-4H3,(H,20,22)(H,21,23). The van der Waals surface area contributed by atoms with Crippen LogP contribution in [-0.2, 0) is 17.9 Å². The Hall–Kier alpha value is -2.60. The number of aromatic nitrogens is 1. The van der Waals surface area contributed by atoms with Crippen molar-refractivity contribution in [2.24, 2.45) is 0 Å². The molecule has 0 saturated heterocycles. The molecule has 6 heteroatoms. The van der Waals surface area contributed by atoms with Crippen LogP contribution in [0.25, 0.3) is 0 Å². The minimum Gasteiger partial charge on any atom is -0.496 e. The van der Waals surface area contributed by atoms with E-state index in [4.69, 9.17) is 9.47 Å². The van der Waals surface area contributed by atoms with Gasteiger partial charge in [-0.15, -0.1) is 0 Å². The van der Waals surface area contributed by atoms with Crippen LogP contribution in [0.4, 0.5) is 0 Å². The number of carbonyl (C=O) groups excluding carboxylic acids is 1. The first-order valence-electron chi connectivity index (χ1n) is 8.18. The minimum atomic E-state index is -0.250. The highest BCUT2D eigenvalue weighted by molar-refractivity contribution is 5.94. The van der Waals surface area contributed by atoms with Gasteiger partial charge in [0.15, 0.2) is 0 Å². The number of pyridine rings is 1. The molecule has 0 saturated carbocycles. The Kier molecular flexibility index (Phi) is 6.36. The Morgan fingerprint density at radius 2 is 2.00 bits per heavy atom.